The van der Waals surface area contributed by atoms with Crippen LogP contribution in [0.4, 0.5) is 0 Å². The fourth-order valence-corrected chi connectivity index (χ4v) is 4.61. The number of aromatic nitrogens is 3. The van der Waals surface area contributed by atoms with Crippen molar-refractivity contribution in [1.29, 1.82) is 0 Å². The van der Waals surface area contributed by atoms with Gasteiger partial charge in [0.05, 0.1) is 0 Å². The van der Waals surface area contributed by atoms with Gasteiger partial charge in [-0.2, -0.15) is 0 Å². The number of benzene rings is 1. The van der Waals surface area contributed by atoms with Gasteiger partial charge in [0.1, 0.15) is 5.78 Å². The van der Waals surface area contributed by atoms with E-state index in [1.54, 1.807) is 18.7 Å². The average molecular weight is 386 g/mol. The molecule has 1 heterocycles. The van der Waals surface area contributed by atoms with Crippen LogP contribution < -0.4 is 0 Å². The SMILES string of the molecule is CC(=O)CCCSc1nnc(-c2ccc(C(C)(C)C)cc2)n1C1CCCC1. The van der Waals surface area contributed by atoms with Gasteiger partial charge in [0.2, 0.25) is 0 Å². The van der Waals surface area contributed by atoms with E-state index in [1.165, 1.54) is 31.2 Å². The van der Waals surface area contributed by atoms with E-state index in [1.807, 2.05) is 0 Å². The lowest BCUT2D eigenvalue weighted by molar-refractivity contribution is -0.117. The fraction of sp³-hybridized carbons (Fsp3) is 0.591. The van der Waals surface area contributed by atoms with E-state index in [0.717, 1.165) is 28.7 Å². The number of ketones is 1. The zero-order valence-corrected chi connectivity index (χ0v) is 17.8. The molecule has 1 saturated carbocycles. The molecule has 1 fully saturated rings. The lowest BCUT2D eigenvalue weighted by Gasteiger charge is -2.20. The first-order valence-corrected chi connectivity index (χ1v) is 11.0. The van der Waals surface area contributed by atoms with E-state index in [0.29, 0.717) is 12.5 Å². The van der Waals surface area contributed by atoms with E-state index in [9.17, 15) is 4.79 Å². The Kier molecular flexibility index (Phi) is 6.40. The Morgan fingerprint density at radius 3 is 2.41 bits per heavy atom. The van der Waals surface area contributed by atoms with Crippen molar-refractivity contribution in [2.24, 2.45) is 0 Å². The van der Waals surface area contributed by atoms with E-state index in [2.05, 4.69) is 59.8 Å². The number of carbonyl (C=O) groups is 1. The fourth-order valence-electron chi connectivity index (χ4n) is 3.67. The first-order chi connectivity index (χ1) is 12.9. The summed E-state index contributed by atoms with van der Waals surface area (Å²) in [5, 5.41) is 10.1. The number of rotatable bonds is 7. The Labute approximate surface area is 167 Å². The van der Waals surface area contributed by atoms with Crippen molar-refractivity contribution in [3.05, 3.63) is 29.8 Å². The minimum absolute atomic E-state index is 0.148. The molecule has 3 rings (SSSR count). The third-order valence-electron chi connectivity index (χ3n) is 5.27. The molecule has 0 spiro atoms. The molecule has 0 bridgehead atoms. The van der Waals surface area contributed by atoms with Crippen molar-refractivity contribution < 1.29 is 4.79 Å². The van der Waals surface area contributed by atoms with E-state index in [4.69, 9.17) is 0 Å². The maximum absolute atomic E-state index is 11.2. The number of thioether (sulfide) groups is 1. The molecule has 1 aliphatic rings. The van der Waals surface area contributed by atoms with Crippen molar-refractivity contribution in [1.82, 2.24) is 14.8 Å². The maximum atomic E-state index is 11.2. The highest BCUT2D eigenvalue weighted by molar-refractivity contribution is 7.99. The molecule has 1 aromatic heterocycles. The maximum Gasteiger partial charge on any atom is 0.191 e. The van der Waals surface area contributed by atoms with Crippen molar-refractivity contribution in [2.75, 3.05) is 5.75 Å². The molecule has 146 valence electrons. The quantitative estimate of drug-likeness (QED) is 0.445. The molecule has 5 heteroatoms. The highest BCUT2D eigenvalue weighted by Crippen LogP contribution is 2.37. The first-order valence-electron chi connectivity index (χ1n) is 10.0. The van der Waals surface area contributed by atoms with Gasteiger partial charge in [-0.25, -0.2) is 0 Å². The van der Waals surface area contributed by atoms with E-state index >= 15 is 0 Å². The summed E-state index contributed by atoms with van der Waals surface area (Å²) in [6.45, 7) is 8.36. The molecule has 0 amide bonds. The number of Topliss-reactive ketones (excluding diaryl/α,β-unsaturated/α-hetero) is 1. The summed E-state index contributed by atoms with van der Waals surface area (Å²) in [6, 6.07) is 9.28. The molecular formula is C22H31N3OS. The summed E-state index contributed by atoms with van der Waals surface area (Å²) in [5.41, 5.74) is 2.62. The number of nitrogens with zero attached hydrogens (tertiary/aromatic N) is 3. The second-order valence-corrected chi connectivity index (χ2v) is 9.66. The lowest BCUT2D eigenvalue weighted by Crippen LogP contribution is -2.11. The van der Waals surface area contributed by atoms with Crippen LogP contribution in [-0.2, 0) is 10.2 Å². The molecule has 0 N–H and O–H groups in total. The molecule has 0 aliphatic heterocycles. The van der Waals surface area contributed by atoms with Crippen LogP contribution in [0.15, 0.2) is 29.4 Å². The molecule has 4 nitrogen and oxygen atoms in total. The smallest absolute Gasteiger partial charge is 0.191 e. The van der Waals surface area contributed by atoms with Gasteiger partial charge >= 0.3 is 0 Å². The predicted octanol–water partition coefficient (Wildman–Crippen LogP) is 5.82. The summed E-state index contributed by atoms with van der Waals surface area (Å²) in [5.74, 6) is 2.15. The molecular weight excluding hydrogens is 354 g/mol. The largest absolute Gasteiger partial charge is 0.300 e. The van der Waals surface area contributed by atoms with E-state index < -0.39 is 0 Å². The Bertz CT molecular complexity index is 768. The summed E-state index contributed by atoms with van der Waals surface area (Å²) in [4.78, 5) is 11.2. The summed E-state index contributed by atoms with van der Waals surface area (Å²) in [6.07, 6.45) is 6.50. The van der Waals surface area contributed by atoms with Gasteiger partial charge in [0.15, 0.2) is 11.0 Å². The van der Waals surface area contributed by atoms with Gasteiger partial charge in [-0.1, -0.05) is 69.6 Å². The number of carbonyl (C=O) groups excluding carboxylic acids is 1. The Hall–Kier alpha value is -1.62. The van der Waals surface area contributed by atoms with Crippen LogP contribution in [0.3, 0.4) is 0 Å². The molecule has 0 saturated heterocycles. The van der Waals surface area contributed by atoms with Gasteiger partial charge in [0.25, 0.3) is 0 Å². The third-order valence-corrected chi connectivity index (χ3v) is 6.30. The molecule has 27 heavy (non-hydrogen) atoms. The van der Waals surface area contributed by atoms with Gasteiger partial charge in [-0.15, -0.1) is 10.2 Å². The average Bonchev–Trinajstić information content (AvgIpc) is 3.27. The van der Waals surface area contributed by atoms with E-state index in [-0.39, 0.29) is 11.2 Å². The van der Waals surface area contributed by atoms with Crippen molar-refractivity contribution >= 4 is 17.5 Å². The zero-order valence-electron chi connectivity index (χ0n) is 17.0. The predicted molar refractivity (Wildman–Crippen MR) is 112 cm³/mol. The normalized spacial score (nSPS) is 15.4. The minimum Gasteiger partial charge on any atom is -0.300 e. The molecule has 1 aromatic carbocycles. The van der Waals surface area contributed by atoms with Crippen molar-refractivity contribution in [2.45, 2.75) is 82.8 Å². The lowest BCUT2D eigenvalue weighted by atomic mass is 9.86. The second-order valence-electron chi connectivity index (χ2n) is 8.60. The van der Waals surface area contributed by atoms with Crippen LogP contribution in [0, 0.1) is 0 Å². The number of hydrogen-bond acceptors (Lipinski definition) is 4. The molecule has 0 unspecified atom stereocenters. The topological polar surface area (TPSA) is 47.8 Å². The minimum atomic E-state index is 0.148. The third kappa shape index (κ3) is 5.01. The van der Waals surface area contributed by atoms with Crippen LogP contribution in [0.2, 0.25) is 0 Å². The van der Waals surface area contributed by atoms with Crippen LogP contribution in [0.1, 0.15) is 77.8 Å². The van der Waals surface area contributed by atoms with Gasteiger partial charge in [-0.05, 0) is 37.2 Å². The van der Waals surface area contributed by atoms with Crippen LogP contribution in [-0.4, -0.2) is 26.3 Å². The number of hydrogen-bond donors (Lipinski definition) is 0. The molecule has 1 aliphatic carbocycles. The Morgan fingerprint density at radius 2 is 1.81 bits per heavy atom. The molecule has 0 atom stereocenters. The van der Waals surface area contributed by atoms with Crippen LogP contribution in [0.5, 0.6) is 0 Å². The van der Waals surface area contributed by atoms with Gasteiger partial charge < -0.3 is 4.79 Å². The first kappa shape index (κ1) is 20.1. The van der Waals surface area contributed by atoms with Gasteiger partial charge in [0, 0.05) is 23.8 Å². The summed E-state index contributed by atoms with van der Waals surface area (Å²) >= 11 is 1.74. The van der Waals surface area contributed by atoms with Gasteiger partial charge in [-0.3, -0.25) is 4.57 Å². The Balaban J connectivity index is 1.85. The summed E-state index contributed by atoms with van der Waals surface area (Å²) < 4.78 is 2.36. The van der Waals surface area contributed by atoms with Crippen molar-refractivity contribution in [3.63, 3.8) is 0 Å². The highest BCUT2D eigenvalue weighted by atomic mass is 32.2. The second kappa shape index (κ2) is 8.59. The highest BCUT2D eigenvalue weighted by Gasteiger charge is 2.25. The van der Waals surface area contributed by atoms with Crippen LogP contribution in [0.25, 0.3) is 11.4 Å². The Morgan fingerprint density at radius 1 is 1.15 bits per heavy atom. The standard InChI is InChI=1S/C22H31N3OS/c1-16(26)8-7-15-27-21-24-23-20(25(21)19-9-5-6-10-19)17-11-13-18(14-12-17)22(2,3)4/h11-14,19H,5-10,15H2,1-4H3. The molecule has 2 aromatic rings. The zero-order chi connectivity index (χ0) is 19.4. The van der Waals surface area contributed by atoms with Crippen LogP contribution >= 0.6 is 11.8 Å². The van der Waals surface area contributed by atoms with Crippen molar-refractivity contribution in [3.8, 4) is 11.4 Å². The monoisotopic (exact) mass is 385 g/mol. The summed E-state index contributed by atoms with van der Waals surface area (Å²) in [7, 11) is 0. The molecule has 0 radical (unpaired) electrons.